The second-order valence-electron chi connectivity index (χ2n) is 14.6. The number of imidazole rings is 1. The summed E-state index contributed by atoms with van der Waals surface area (Å²) in [4.78, 5) is 41.3. The maximum absolute atomic E-state index is 13.5. The Morgan fingerprint density at radius 2 is 1.40 bits per heavy atom. The van der Waals surface area contributed by atoms with Gasteiger partial charge < -0.3 is 19.3 Å². The van der Waals surface area contributed by atoms with E-state index in [2.05, 4.69) is 82.7 Å². The molecule has 0 bridgehead atoms. The van der Waals surface area contributed by atoms with Crippen molar-refractivity contribution in [3.8, 4) is 0 Å². The summed E-state index contributed by atoms with van der Waals surface area (Å²) in [7, 11) is -4.81. The Morgan fingerprint density at radius 3 is 1.93 bits per heavy atom. The minimum Gasteiger partial charge on any atom is -0.408 e. The van der Waals surface area contributed by atoms with Crippen LogP contribution in [0.4, 0.5) is 5.82 Å². The molecule has 232 valence electrons. The number of aromatic nitrogens is 4. The van der Waals surface area contributed by atoms with Gasteiger partial charge in [0, 0.05) is 0 Å². The topological polar surface area (TPSA) is 135 Å². The lowest BCUT2D eigenvalue weighted by molar-refractivity contribution is -0.0375. The average Bonchev–Trinajstić information content (AvgIpc) is 3.53. The van der Waals surface area contributed by atoms with E-state index < -0.39 is 41.2 Å². The van der Waals surface area contributed by atoms with E-state index in [-0.39, 0.29) is 34.3 Å². The number of carbonyl (C=O) groups excluding carboxylic acids is 2. The van der Waals surface area contributed by atoms with Crippen LogP contribution in [0.15, 0.2) is 36.9 Å². The van der Waals surface area contributed by atoms with Crippen LogP contribution in [0, 0.1) is 0 Å². The molecule has 5 rings (SSSR count). The van der Waals surface area contributed by atoms with Crippen LogP contribution >= 0.6 is 0 Å². The Balaban J connectivity index is 1.62. The molecule has 0 radical (unpaired) electrons. The smallest absolute Gasteiger partial charge is 0.261 e. The van der Waals surface area contributed by atoms with Crippen LogP contribution in [0.3, 0.4) is 0 Å². The molecule has 2 aromatic heterocycles. The molecule has 1 unspecified atom stereocenters. The number of nitrogens with two attached hydrogens (primary N) is 1. The lowest BCUT2D eigenvalue weighted by Crippen LogP contribution is -2.55. The summed E-state index contributed by atoms with van der Waals surface area (Å²) in [6.45, 7) is 21.9. The number of hydrogen-bond donors (Lipinski definition) is 1. The van der Waals surface area contributed by atoms with E-state index in [9.17, 15) is 9.59 Å². The summed E-state index contributed by atoms with van der Waals surface area (Å²) in [5.41, 5.74) is 7.89. The van der Waals surface area contributed by atoms with Crippen molar-refractivity contribution >= 4 is 45.4 Å². The highest BCUT2D eigenvalue weighted by Gasteiger charge is 2.55. The first-order valence-electron chi connectivity index (χ1n) is 14.7. The van der Waals surface area contributed by atoms with Crippen LogP contribution in [-0.2, 0) is 13.6 Å². The van der Waals surface area contributed by atoms with Gasteiger partial charge in [0.25, 0.3) is 11.8 Å². The van der Waals surface area contributed by atoms with Crippen molar-refractivity contribution in [2.45, 2.75) is 102 Å². The highest BCUT2D eigenvalue weighted by Crippen LogP contribution is 2.46. The van der Waals surface area contributed by atoms with Gasteiger partial charge in [-0.05, 0) is 48.4 Å². The molecule has 2 N–H and O–H groups in total. The standard InChI is InChI=1S/C30H44N6O5Si2/c1-29(2,3)42(7,8)40-22-20(15-35-26(37)18-13-11-12-14-19(18)27(35)38)39-28(23(22)41-43(9,10)30(4,5)6)36-17-34-21-24(31)32-16-33-25(21)36/h11-14,16-17,20,22-23,28H,15H2,1-10H3,(H2,31,32,33)/t20-,22-,23?,28-/m1/s1. The highest BCUT2D eigenvalue weighted by atomic mass is 28.4. The van der Waals surface area contributed by atoms with E-state index >= 15 is 0 Å². The number of nitrogen functional groups attached to an aromatic ring is 1. The van der Waals surface area contributed by atoms with Gasteiger partial charge in [-0.1, -0.05) is 53.7 Å². The Morgan fingerprint density at radius 1 is 0.860 bits per heavy atom. The number of fused-ring (bicyclic) bond motifs is 2. The van der Waals surface area contributed by atoms with E-state index in [1.807, 2.05) is 4.57 Å². The summed E-state index contributed by atoms with van der Waals surface area (Å²) in [6.07, 6.45) is 0.491. The fourth-order valence-corrected chi connectivity index (χ4v) is 7.63. The number of nitrogens with zero attached hydrogens (tertiary/aromatic N) is 5. The van der Waals surface area contributed by atoms with Crippen molar-refractivity contribution in [2.24, 2.45) is 0 Å². The van der Waals surface area contributed by atoms with Crippen molar-refractivity contribution in [2.75, 3.05) is 12.3 Å². The number of imide groups is 1. The van der Waals surface area contributed by atoms with Gasteiger partial charge in [0.1, 0.15) is 30.2 Å². The van der Waals surface area contributed by atoms with E-state index in [4.69, 9.17) is 19.3 Å². The third-order valence-corrected chi connectivity index (χ3v) is 18.6. The second kappa shape index (κ2) is 10.6. The van der Waals surface area contributed by atoms with Gasteiger partial charge in [-0.2, -0.15) is 0 Å². The molecule has 4 atom stereocenters. The Bertz CT molecular complexity index is 1530. The van der Waals surface area contributed by atoms with E-state index in [1.165, 1.54) is 11.2 Å². The van der Waals surface area contributed by atoms with Gasteiger partial charge in [-0.3, -0.25) is 19.1 Å². The van der Waals surface area contributed by atoms with Crippen molar-refractivity contribution in [1.82, 2.24) is 24.4 Å². The first kappa shape index (κ1) is 31.4. The van der Waals surface area contributed by atoms with Gasteiger partial charge >= 0.3 is 0 Å². The lowest BCUT2D eigenvalue weighted by Gasteiger charge is -2.44. The van der Waals surface area contributed by atoms with Crippen LogP contribution in [0.1, 0.15) is 68.5 Å². The summed E-state index contributed by atoms with van der Waals surface area (Å²) in [5, 5.41) is -0.223. The zero-order valence-corrected chi connectivity index (χ0v) is 28.8. The maximum atomic E-state index is 13.5. The second-order valence-corrected chi connectivity index (χ2v) is 24.1. The molecule has 11 nitrogen and oxygen atoms in total. The summed E-state index contributed by atoms with van der Waals surface area (Å²) < 4.78 is 22.9. The monoisotopic (exact) mass is 624 g/mol. The zero-order chi connectivity index (χ0) is 31.7. The number of hydrogen-bond acceptors (Lipinski definition) is 9. The predicted octanol–water partition coefficient (Wildman–Crippen LogP) is 5.38. The predicted molar refractivity (Wildman–Crippen MR) is 170 cm³/mol. The number of anilines is 1. The van der Waals surface area contributed by atoms with Crippen LogP contribution in [-0.4, -0.2) is 77.7 Å². The third kappa shape index (κ3) is 5.46. The molecule has 13 heteroatoms. The Hall–Kier alpha value is -2.98. The van der Waals surface area contributed by atoms with Gasteiger partial charge in [0.15, 0.2) is 34.3 Å². The largest absolute Gasteiger partial charge is 0.408 e. The van der Waals surface area contributed by atoms with Gasteiger partial charge in [-0.25, -0.2) is 15.0 Å². The number of benzene rings is 1. The molecular formula is C30H44N6O5Si2. The fraction of sp³-hybridized carbons (Fsp3) is 0.567. The van der Waals surface area contributed by atoms with Crippen molar-refractivity contribution in [3.63, 3.8) is 0 Å². The molecule has 2 aliphatic heterocycles. The number of carbonyl (C=O) groups is 2. The maximum Gasteiger partial charge on any atom is 0.261 e. The van der Waals surface area contributed by atoms with Gasteiger partial charge in [0.05, 0.1) is 24.0 Å². The zero-order valence-electron chi connectivity index (χ0n) is 26.8. The van der Waals surface area contributed by atoms with Gasteiger partial charge in [0.2, 0.25) is 0 Å². The first-order chi connectivity index (χ1) is 19.8. The van der Waals surface area contributed by atoms with Crippen molar-refractivity contribution < 1.29 is 23.2 Å². The quantitative estimate of drug-likeness (QED) is 0.271. The summed E-state index contributed by atoms with van der Waals surface area (Å²) in [6, 6.07) is 6.89. The summed E-state index contributed by atoms with van der Waals surface area (Å²) >= 11 is 0. The Labute approximate surface area is 255 Å². The highest BCUT2D eigenvalue weighted by molar-refractivity contribution is 6.74. The van der Waals surface area contributed by atoms with Crippen LogP contribution in [0.2, 0.25) is 36.3 Å². The van der Waals surface area contributed by atoms with Crippen LogP contribution in [0.25, 0.3) is 11.2 Å². The van der Waals surface area contributed by atoms with E-state index in [0.717, 1.165) is 0 Å². The summed E-state index contributed by atoms with van der Waals surface area (Å²) in [5.74, 6) is -0.413. The molecule has 0 aliphatic carbocycles. The average molecular weight is 625 g/mol. The van der Waals surface area contributed by atoms with Gasteiger partial charge in [-0.15, -0.1) is 0 Å². The van der Waals surface area contributed by atoms with E-state index in [0.29, 0.717) is 22.3 Å². The minimum absolute atomic E-state index is 0.0171. The molecule has 3 aromatic rings. The normalized spacial score (nSPS) is 23.4. The minimum atomic E-state index is -2.41. The molecular weight excluding hydrogens is 581 g/mol. The molecule has 0 saturated carbocycles. The molecule has 1 aromatic carbocycles. The van der Waals surface area contributed by atoms with Crippen LogP contribution < -0.4 is 5.73 Å². The Kier molecular flexibility index (Phi) is 7.74. The first-order valence-corrected chi connectivity index (χ1v) is 20.5. The number of rotatable bonds is 7. The van der Waals surface area contributed by atoms with Crippen molar-refractivity contribution in [3.05, 3.63) is 48.0 Å². The molecule has 1 fully saturated rings. The molecule has 2 amide bonds. The molecule has 4 heterocycles. The van der Waals surface area contributed by atoms with Crippen molar-refractivity contribution in [1.29, 1.82) is 0 Å². The molecule has 43 heavy (non-hydrogen) atoms. The van der Waals surface area contributed by atoms with E-state index in [1.54, 1.807) is 30.6 Å². The molecule has 0 spiro atoms. The number of amides is 2. The molecule has 1 saturated heterocycles. The third-order valence-electron chi connectivity index (χ3n) is 9.66. The molecule has 2 aliphatic rings. The van der Waals surface area contributed by atoms with Crippen LogP contribution in [0.5, 0.6) is 0 Å². The lowest BCUT2D eigenvalue weighted by atomic mass is 10.1. The SMILES string of the molecule is CC(C)(C)[Si](C)(C)OC1[C@H](n2cnc3c(N)ncnc32)O[C@H](CN2C(=O)c3ccccc3C2=O)[C@H]1O[Si](C)(C)C(C)(C)C. The fourth-order valence-electron chi connectivity index (χ4n) is 5.02. The number of ether oxygens (including phenoxy) is 1.